The van der Waals surface area contributed by atoms with Crippen molar-refractivity contribution in [2.45, 2.75) is 30.6 Å². The van der Waals surface area contributed by atoms with E-state index in [0.29, 0.717) is 25.1 Å². The SMILES string of the molecule is O=C(NCCCN1CCCC1)c1cccc(S(=O)(=O)N2CCc3ccccc32)c1. The summed E-state index contributed by atoms with van der Waals surface area (Å²) in [6.07, 6.45) is 4.12. The van der Waals surface area contributed by atoms with Gasteiger partial charge in [-0.15, -0.1) is 0 Å². The number of rotatable bonds is 7. The van der Waals surface area contributed by atoms with Crippen molar-refractivity contribution in [2.75, 3.05) is 37.0 Å². The third-order valence-corrected chi connectivity index (χ3v) is 7.47. The maximum Gasteiger partial charge on any atom is 0.264 e. The number of nitrogens with zero attached hydrogens (tertiary/aromatic N) is 2. The number of carbonyl (C=O) groups excluding carboxylic acids is 1. The zero-order valence-corrected chi connectivity index (χ0v) is 17.3. The molecule has 7 heteroatoms. The van der Waals surface area contributed by atoms with Gasteiger partial charge in [-0.3, -0.25) is 9.10 Å². The van der Waals surface area contributed by atoms with E-state index in [-0.39, 0.29) is 10.8 Å². The average molecular weight is 414 g/mol. The van der Waals surface area contributed by atoms with Gasteiger partial charge >= 0.3 is 0 Å². The number of carbonyl (C=O) groups is 1. The molecule has 0 aromatic heterocycles. The summed E-state index contributed by atoms with van der Waals surface area (Å²) in [5.41, 5.74) is 2.13. The van der Waals surface area contributed by atoms with Crippen LogP contribution < -0.4 is 9.62 Å². The highest BCUT2D eigenvalue weighted by molar-refractivity contribution is 7.92. The Kier molecular flexibility index (Phi) is 5.87. The van der Waals surface area contributed by atoms with Crippen LogP contribution in [0.2, 0.25) is 0 Å². The maximum absolute atomic E-state index is 13.2. The Morgan fingerprint density at radius 2 is 1.79 bits per heavy atom. The second-order valence-electron chi connectivity index (χ2n) is 7.64. The summed E-state index contributed by atoms with van der Waals surface area (Å²) in [7, 11) is -3.70. The van der Waals surface area contributed by atoms with E-state index < -0.39 is 10.0 Å². The topological polar surface area (TPSA) is 69.7 Å². The standard InChI is InChI=1S/C22H27N3O3S/c26-22(23-12-6-15-24-13-3-4-14-24)19-8-5-9-20(17-19)29(27,28)25-16-11-18-7-1-2-10-21(18)25/h1-2,5,7-10,17H,3-4,6,11-16H2,(H,23,26). The Bertz CT molecular complexity index is 984. The van der Waals surface area contributed by atoms with Gasteiger partial charge in [-0.25, -0.2) is 8.42 Å². The average Bonchev–Trinajstić information content (AvgIpc) is 3.41. The van der Waals surface area contributed by atoms with E-state index in [1.54, 1.807) is 18.2 Å². The number of nitrogens with one attached hydrogen (secondary N) is 1. The number of sulfonamides is 1. The lowest BCUT2D eigenvalue weighted by Gasteiger charge is -2.20. The van der Waals surface area contributed by atoms with Crippen LogP contribution in [0.3, 0.4) is 0 Å². The molecule has 0 aliphatic carbocycles. The van der Waals surface area contributed by atoms with Crippen LogP contribution in [-0.4, -0.2) is 51.9 Å². The highest BCUT2D eigenvalue weighted by Gasteiger charge is 2.30. The van der Waals surface area contributed by atoms with E-state index >= 15 is 0 Å². The molecule has 1 fully saturated rings. The summed E-state index contributed by atoms with van der Waals surface area (Å²) in [5, 5.41) is 2.91. The molecule has 0 unspecified atom stereocenters. The van der Waals surface area contributed by atoms with Crippen LogP contribution in [-0.2, 0) is 16.4 Å². The Hall–Kier alpha value is -2.38. The number of hydrogen-bond donors (Lipinski definition) is 1. The van der Waals surface area contributed by atoms with Gasteiger partial charge in [0, 0.05) is 18.7 Å². The zero-order chi connectivity index (χ0) is 20.3. The fourth-order valence-corrected chi connectivity index (χ4v) is 5.65. The molecule has 1 N–H and O–H groups in total. The summed E-state index contributed by atoms with van der Waals surface area (Å²) in [6.45, 7) is 4.30. The van der Waals surface area contributed by atoms with E-state index in [9.17, 15) is 13.2 Å². The van der Waals surface area contributed by atoms with Gasteiger partial charge in [-0.2, -0.15) is 0 Å². The highest BCUT2D eigenvalue weighted by atomic mass is 32.2. The second kappa shape index (κ2) is 8.55. The first-order chi connectivity index (χ1) is 14.1. The zero-order valence-electron chi connectivity index (χ0n) is 16.5. The lowest BCUT2D eigenvalue weighted by atomic mass is 10.2. The normalized spacial score (nSPS) is 16.8. The largest absolute Gasteiger partial charge is 0.352 e. The molecule has 2 heterocycles. The third kappa shape index (κ3) is 4.31. The molecule has 29 heavy (non-hydrogen) atoms. The molecule has 2 aliphatic rings. The fraction of sp³-hybridized carbons (Fsp3) is 0.409. The minimum Gasteiger partial charge on any atom is -0.352 e. The van der Waals surface area contributed by atoms with E-state index in [1.165, 1.54) is 23.2 Å². The monoisotopic (exact) mass is 413 g/mol. The number of likely N-dealkylation sites (tertiary alicyclic amines) is 1. The van der Waals surface area contributed by atoms with Gasteiger partial charge in [0.05, 0.1) is 10.6 Å². The molecule has 1 saturated heterocycles. The molecule has 154 valence electrons. The number of anilines is 1. The summed E-state index contributed by atoms with van der Waals surface area (Å²) in [5.74, 6) is -0.231. The molecule has 1 amide bonds. The Labute approximate surface area is 172 Å². The number of fused-ring (bicyclic) bond motifs is 1. The van der Waals surface area contributed by atoms with Gasteiger partial charge in [-0.05, 0) is 75.1 Å². The van der Waals surface area contributed by atoms with Gasteiger partial charge in [0.2, 0.25) is 0 Å². The Morgan fingerprint density at radius 1 is 1.00 bits per heavy atom. The molecule has 0 bridgehead atoms. The first-order valence-corrected chi connectivity index (χ1v) is 11.7. The summed E-state index contributed by atoms with van der Waals surface area (Å²) in [4.78, 5) is 15.1. The molecule has 2 aliphatic heterocycles. The Balaban J connectivity index is 1.42. The molecule has 0 saturated carbocycles. The predicted molar refractivity (Wildman–Crippen MR) is 114 cm³/mol. The van der Waals surface area contributed by atoms with E-state index in [0.717, 1.165) is 37.3 Å². The summed E-state index contributed by atoms with van der Waals surface area (Å²) >= 11 is 0. The van der Waals surface area contributed by atoms with Gasteiger partial charge in [0.25, 0.3) is 15.9 Å². The van der Waals surface area contributed by atoms with Gasteiger partial charge in [0.15, 0.2) is 0 Å². The van der Waals surface area contributed by atoms with Crippen LogP contribution in [0.1, 0.15) is 35.2 Å². The van der Waals surface area contributed by atoms with Gasteiger partial charge in [0.1, 0.15) is 0 Å². The Morgan fingerprint density at radius 3 is 2.62 bits per heavy atom. The molecular formula is C22H27N3O3S. The van der Waals surface area contributed by atoms with Crippen LogP contribution in [0.25, 0.3) is 0 Å². The highest BCUT2D eigenvalue weighted by Crippen LogP contribution is 2.32. The van der Waals surface area contributed by atoms with Crippen LogP contribution in [0, 0.1) is 0 Å². The molecule has 2 aromatic carbocycles. The summed E-state index contributed by atoms with van der Waals surface area (Å²) in [6, 6.07) is 13.9. The van der Waals surface area contributed by atoms with E-state index in [1.807, 2.05) is 24.3 Å². The van der Waals surface area contributed by atoms with Crippen molar-refractivity contribution in [3.05, 3.63) is 59.7 Å². The summed E-state index contributed by atoms with van der Waals surface area (Å²) < 4.78 is 27.8. The third-order valence-electron chi connectivity index (χ3n) is 5.66. The first-order valence-electron chi connectivity index (χ1n) is 10.3. The maximum atomic E-state index is 13.2. The first kappa shape index (κ1) is 19.9. The van der Waals surface area contributed by atoms with Crippen LogP contribution in [0.15, 0.2) is 53.4 Å². The molecule has 4 rings (SSSR count). The second-order valence-corrected chi connectivity index (χ2v) is 9.50. The molecular weight excluding hydrogens is 386 g/mol. The number of amides is 1. The lowest BCUT2D eigenvalue weighted by Crippen LogP contribution is -2.30. The van der Waals surface area contributed by atoms with Crippen molar-refractivity contribution in [1.82, 2.24) is 10.2 Å². The van der Waals surface area contributed by atoms with Crippen molar-refractivity contribution in [2.24, 2.45) is 0 Å². The minimum absolute atomic E-state index is 0.152. The quantitative estimate of drug-likeness (QED) is 0.709. The molecule has 0 atom stereocenters. The van der Waals surface area contributed by atoms with E-state index in [2.05, 4.69) is 10.2 Å². The molecule has 0 radical (unpaired) electrons. The predicted octanol–water partition coefficient (Wildman–Crippen LogP) is 2.65. The van der Waals surface area contributed by atoms with Crippen LogP contribution in [0.4, 0.5) is 5.69 Å². The lowest BCUT2D eigenvalue weighted by molar-refractivity contribution is 0.0952. The fourth-order valence-electron chi connectivity index (χ4n) is 4.10. The number of hydrogen-bond acceptors (Lipinski definition) is 4. The number of para-hydroxylation sites is 1. The van der Waals surface area contributed by atoms with Crippen molar-refractivity contribution >= 4 is 21.6 Å². The van der Waals surface area contributed by atoms with Crippen molar-refractivity contribution < 1.29 is 13.2 Å². The smallest absolute Gasteiger partial charge is 0.264 e. The van der Waals surface area contributed by atoms with Crippen molar-refractivity contribution in [1.29, 1.82) is 0 Å². The van der Waals surface area contributed by atoms with Gasteiger partial charge in [-0.1, -0.05) is 24.3 Å². The molecule has 0 spiro atoms. The minimum atomic E-state index is -3.70. The number of benzene rings is 2. The van der Waals surface area contributed by atoms with Crippen LogP contribution in [0.5, 0.6) is 0 Å². The van der Waals surface area contributed by atoms with Gasteiger partial charge < -0.3 is 10.2 Å². The molecule has 2 aromatic rings. The van der Waals surface area contributed by atoms with E-state index in [4.69, 9.17) is 0 Å². The van der Waals surface area contributed by atoms with Crippen molar-refractivity contribution in [3.8, 4) is 0 Å². The molecule has 6 nitrogen and oxygen atoms in total. The van der Waals surface area contributed by atoms with Crippen molar-refractivity contribution in [3.63, 3.8) is 0 Å². The van der Waals surface area contributed by atoms with Crippen LogP contribution >= 0.6 is 0 Å².